The number of nitrogens with zero attached hydrogens (tertiary/aromatic N) is 2. The van der Waals surface area contributed by atoms with Crippen LogP contribution in [-0.4, -0.2) is 9.97 Å². The molecule has 0 radical (unpaired) electrons. The Labute approximate surface area is 66.0 Å². The van der Waals surface area contributed by atoms with E-state index in [9.17, 15) is 0 Å². The van der Waals surface area contributed by atoms with Crippen molar-refractivity contribution >= 4 is 0 Å². The molecule has 0 bridgehead atoms. The lowest BCUT2D eigenvalue weighted by Crippen LogP contribution is -1.86. The summed E-state index contributed by atoms with van der Waals surface area (Å²) in [6.45, 7) is 5.32. The third kappa shape index (κ3) is 2.23. The van der Waals surface area contributed by atoms with Crippen LogP contribution in [0.4, 0.5) is 0 Å². The minimum Gasteiger partial charge on any atom is -0.240 e. The van der Waals surface area contributed by atoms with Crippen LogP contribution in [0.1, 0.15) is 11.4 Å². The van der Waals surface area contributed by atoms with Crippen LogP contribution in [0, 0.1) is 18.8 Å². The van der Waals surface area contributed by atoms with Crippen molar-refractivity contribution < 1.29 is 0 Å². The van der Waals surface area contributed by atoms with Crippen molar-refractivity contribution in [2.75, 3.05) is 0 Å². The largest absolute Gasteiger partial charge is 0.240 e. The molecular formula is C9H8N2. The molecule has 0 aliphatic heterocycles. The molecule has 1 rings (SSSR count). The Morgan fingerprint density at radius 1 is 1.45 bits per heavy atom. The molecule has 54 valence electrons. The third-order valence-electron chi connectivity index (χ3n) is 1.10. The van der Waals surface area contributed by atoms with Crippen LogP contribution in [0.25, 0.3) is 0 Å². The first-order valence-corrected chi connectivity index (χ1v) is 3.24. The normalized spacial score (nSPS) is 8.09. The fourth-order valence-corrected chi connectivity index (χ4v) is 0.592. The molecular weight excluding hydrogens is 136 g/mol. The molecule has 0 saturated carbocycles. The first kappa shape index (κ1) is 7.49. The first-order valence-electron chi connectivity index (χ1n) is 3.24. The van der Waals surface area contributed by atoms with Crippen LogP contribution in [-0.2, 0) is 0 Å². The van der Waals surface area contributed by atoms with Crippen LogP contribution in [0.2, 0.25) is 0 Å². The van der Waals surface area contributed by atoms with Crippen molar-refractivity contribution in [3.8, 4) is 11.8 Å². The molecule has 1 aromatic rings. The van der Waals surface area contributed by atoms with Crippen molar-refractivity contribution in [1.29, 1.82) is 0 Å². The molecule has 0 aliphatic carbocycles. The van der Waals surface area contributed by atoms with Gasteiger partial charge in [0, 0.05) is 12.4 Å². The van der Waals surface area contributed by atoms with E-state index in [1.807, 2.05) is 6.92 Å². The van der Waals surface area contributed by atoms with Gasteiger partial charge in [0.1, 0.15) is 5.82 Å². The molecule has 0 atom stereocenters. The van der Waals surface area contributed by atoms with Gasteiger partial charge in [0.05, 0.1) is 5.56 Å². The molecule has 11 heavy (non-hydrogen) atoms. The maximum absolute atomic E-state index is 3.98. The van der Waals surface area contributed by atoms with Crippen molar-refractivity contribution in [2.24, 2.45) is 0 Å². The standard InChI is InChI=1S/C9H8N2/c1-3-4-5-9-6-10-8(2)11-7-9/h3,6-7H,1H2,2H3. The minimum absolute atomic E-state index is 0.758. The van der Waals surface area contributed by atoms with Gasteiger partial charge in [-0.25, -0.2) is 9.97 Å². The van der Waals surface area contributed by atoms with E-state index in [0.717, 1.165) is 11.4 Å². The SMILES string of the molecule is C=CC#Cc1cnc(C)nc1. The van der Waals surface area contributed by atoms with Gasteiger partial charge in [0.2, 0.25) is 0 Å². The van der Waals surface area contributed by atoms with Crippen molar-refractivity contribution in [3.05, 3.63) is 36.4 Å². The van der Waals surface area contributed by atoms with Crippen molar-refractivity contribution in [1.82, 2.24) is 9.97 Å². The van der Waals surface area contributed by atoms with Gasteiger partial charge in [0.15, 0.2) is 0 Å². The highest BCUT2D eigenvalue weighted by Gasteiger charge is 1.86. The second-order valence-corrected chi connectivity index (χ2v) is 1.99. The number of hydrogen-bond acceptors (Lipinski definition) is 2. The molecule has 1 aromatic heterocycles. The number of hydrogen-bond donors (Lipinski definition) is 0. The molecule has 0 aliphatic rings. The average Bonchev–Trinajstić information content (AvgIpc) is 2.04. The fraction of sp³-hybridized carbons (Fsp3) is 0.111. The summed E-state index contributed by atoms with van der Waals surface area (Å²) in [6, 6.07) is 0. The number of aryl methyl sites for hydroxylation is 1. The lowest BCUT2D eigenvalue weighted by Gasteiger charge is -1.88. The highest BCUT2D eigenvalue weighted by Crippen LogP contribution is 1.91. The molecule has 0 N–H and O–H groups in total. The Hall–Kier alpha value is -1.62. The lowest BCUT2D eigenvalue weighted by atomic mass is 10.3. The van der Waals surface area contributed by atoms with Gasteiger partial charge in [0.25, 0.3) is 0 Å². The molecule has 2 nitrogen and oxygen atoms in total. The monoisotopic (exact) mass is 144 g/mol. The molecule has 0 fully saturated rings. The summed E-state index contributed by atoms with van der Waals surface area (Å²) in [4.78, 5) is 7.97. The first-order chi connectivity index (χ1) is 5.33. The van der Waals surface area contributed by atoms with E-state index in [1.54, 1.807) is 18.5 Å². The smallest absolute Gasteiger partial charge is 0.125 e. The zero-order valence-corrected chi connectivity index (χ0v) is 6.33. The van der Waals surface area contributed by atoms with E-state index in [-0.39, 0.29) is 0 Å². The Morgan fingerprint density at radius 3 is 2.64 bits per heavy atom. The molecule has 0 spiro atoms. The summed E-state index contributed by atoms with van der Waals surface area (Å²) in [6.07, 6.45) is 4.93. The molecule has 2 heteroatoms. The number of rotatable bonds is 0. The van der Waals surface area contributed by atoms with Gasteiger partial charge in [-0.1, -0.05) is 18.4 Å². The van der Waals surface area contributed by atoms with Crippen LogP contribution >= 0.6 is 0 Å². The highest BCUT2D eigenvalue weighted by atomic mass is 14.8. The Kier molecular flexibility index (Phi) is 2.40. The van der Waals surface area contributed by atoms with E-state index in [2.05, 4.69) is 28.4 Å². The topological polar surface area (TPSA) is 25.8 Å². The van der Waals surface area contributed by atoms with Gasteiger partial charge in [-0.3, -0.25) is 0 Å². The van der Waals surface area contributed by atoms with E-state index < -0.39 is 0 Å². The fourth-order valence-electron chi connectivity index (χ4n) is 0.592. The van der Waals surface area contributed by atoms with E-state index in [1.165, 1.54) is 0 Å². The van der Waals surface area contributed by atoms with Gasteiger partial charge >= 0.3 is 0 Å². The van der Waals surface area contributed by atoms with Gasteiger partial charge in [-0.2, -0.15) is 0 Å². The summed E-state index contributed by atoms with van der Waals surface area (Å²) < 4.78 is 0. The minimum atomic E-state index is 0.758. The Balaban J connectivity index is 2.90. The predicted molar refractivity (Wildman–Crippen MR) is 43.8 cm³/mol. The van der Waals surface area contributed by atoms with Crippen molar-refractivity contribution in [2.45, 2.75) is 6.92 Å². The summed E-state index contributed by atoms with van der Waals surface area (Å²) >= 11 is 0. The van der Waals surface area contributed by atoms with Gasteiger partial charge < -0.3 is 0 Å². The second kappa shape index (κ2) is 3.52. The van der Waals surface area contributed by atoms with E-state index >= 15 is 0 Å². The number of aromatic nitrogens is 2. The molecule has 0 aromatic carbocycles. The molecule has 0 unspecified atom stereocenters. The molecule has 1 heterocycles. The zero-order valence-electron chi connectivity index (χ0n) is 6.33. The summed E-state index contributed by atoms with van der Waals surface area (Å²) in [5.41, 5.74) is 0.815. The van der Waals surface area contributed by atoms with E-state index in [0.29, 0.717) is 0 Å². The molecule has 0 amide bonds. The zero-order chi connectivity index (χ0) is 8.10. The summed E-state index contributed by atoms with van der Waals surface area (Å²) in [5, 5.41) is 0. The van der Waals surface area contributed by atoms with E-state index in [4.69, 9.17) is 0 Å². The highest BCUT2D eigenvalue weighted by molar-refractivity contribution is 5.32. The van der Waals surface area contributed by atoms with Crippen LogP contribution in [0.5, 0.6) is 0 Å². The average molecular weight is 144 g/mol. The third-order valence-corrected chi connectivity index (χ3v) is 1.10. The van der Waals surface area contributed by atoms with Gasteiger partial charge in [-0.15, -0.1) is 0 Å². The van der Waals surface area contributed by atoms with Crippen LogP contribution in [0.15, 0.2) is 25.0 Å². The Bertz CT molecular complexity index is 301. The maximum Gasteiger partial charge on any atom is 0.125 e. The predicted octanol–water partition coefficient (Wildman–Crippen LogP) is 1.32. The van der Waals surface area contributed by atoms with Crippen molar-refractivity contribution in [3.63, 3.8) is 0 Å². The maximum atomic E-state index is 3.98. The quantitative estimate of drug-likeness (QED) is 0.513. The van der Waals surface area contributed by atoms with Crippen LogP contribution in [0.3, 0.4) is 0 Å². The summed E-state index contributed by atoms with van der Waals surface area (Å²) in [7, 11) is 0. The lowest BCUT2D eigenvalue weighted by molar-refractivity contribution is 1.05. The second-order valence-electron chi connectivity index (χ2n) is 1.99. The summed E-state index contributed by atoms with van der Waals surface area (Å²) in [5.74, 6) is 6.30. The molecule has 0 saturated heterocycles. The number of allylic oxidation sites excluding steroid dienone is 1. The Morgan fingerprint density at radius 2 is 2.09 bits per heavy atom. The van der Waals surface area contributed by atoms with Gasteiger partial charge in [-0.05, 0) is 13.0 Å². The van der Waals surface area contributed by atoms with Crippen LogP contribution < -0.4 is 0 Å².